The number of hydrogen-bond donors (Lipinski definition) is 2. The number of nitrogens with zero attached hydrogens (tertiary/aromatic N) is 1. The monoisotopic (exact) mass is 324 g/mol. The number of para-hydroxylation sites is 1. The average Bonchev–Trinajstić information content (AvgIpc) is 2.55. The Morgan fingerprint density at radius 2 is 1.79 bits per heavy atom. The Morgan fingerprint density at radius 3 is 2.42 bits per heavy atom. The Kier molecular flexibility index (Phi) is 6.13. The van der Waals surface area contributed by atoms with Gasteiger partial charge in [-0.3, -0.25) is 4.79 Å². The van der Waals surface area contributed by atoms with Crippen LogP contribution in [0.15, 0.2) is 53.6 Å². The normalized spacial score (nSPS) is 12.5. The van der Waals surface area contributed by atoms with Crippen LogP contribution in [0, 0.1) is 5.92 Å². The van der Waals surface area contributed by atoms with Crippen LogP contribution >= 0.6 is 0 Å². The van der Waals surface area contributed by atoms with Gasteiger partial charge in [0.15, 0.2) is 0 Å². The number of hydrazone groups is 1. The van der Waals surface area contributed by atoms with E-state index in [9.17, 15) is 9.90 Å². The Bertz CT molecular complexity index is 706. The third-order valence-electron chi connectivity index (χ3n) is 3.85. The highest BCUT2D eigenvalue weighted by molar-refractivity contribution is 5.96. The first-order valence-corrected chi connectivity index (χ1v) is 8.17. The minimum absolute atomic E-state index is 0.0523. The number of hydrogen-bond acceptors (Lipinski definition) is 3. The number of carbonyl (C=O) groups excluding carboxylic acids is 1. The van der Waals surface area contributed by atoms with E-state index in [0.29, 0.717) is 5.92 Å². The average molecular weight is 324 g/mol. The molecule has 24 heavy (non-hydrogen) atoms. The Balaban J connectivity index is 1.87. The SMILES string of the molecule is CC(C)c1ccc(C[C@@H](C)/C=N\NC(=O)c2ccccc2O)cc1. The summed E-state index contributed by atoms with van der Waals surface area (Å²) in [7, 11) is 0. The molecular weight excluding hydrogens is 300 g/mol. The molecule has 0 bridgehead atoms. The molecule has 4 nitrogen and oxygen atoms in total. The van der Waals surface area contributed by atoms with Crippen LogP contribution in [0.2, 0.25) is 0 Å². The number of phenols is 1. The summed E-state index contributed by atoms with van der Waals surface area (Å²) in [5, 5.41) is 13.6. The van der Waals surface area contributed by atoms with Gasteiger partial charge in [0.25, 0.3) is 5.91 Å². The molecule has 0 heterocycles. The van der Waals surface area contributed by atoms with Gasteiger partial charge < -0.3 is 5.11 Å². The van der Waals surface area contributed by atoms with Crippen molar-refractivity contribution in [3.05, 3.63) is 65.2 Å². The van der Waals surface area contributed by atoms with Crippen molar-refractivity contribution in [3.63, 3.8) is 0 Å². The molecule has 1 atom stereocenters. The fourth-order valence-electron chi connectivity index (χ4n) is 2.41. The number of aromatic hydroxyl groups is 1. The van der Waals surface area contributed by atoms with Crippen LogP contribution in [0.4, 0.5) is 0 Å². The summed E-state index contributed by atoms with van der Waals surface area (Å²) < 4.78 is 0. The number of carbonyl (C=O) groups is 1. The van der Waals surface area contributed by atoms with E-state index < -0.39 is 5.91 Å². The van der Waals surface area contributed by atoms with E-state index in [1.54, 1.807) is 24.4 Å². The number of phenolic OH excluding ortho intramolecular Hbond substituents is 1. The molecule has 0 aromatic heterocycles. The molecule has 0 fully saturated rings. The largest absolute Gasteiger partial charge is 0.507 e. The maximum absolute atomic E-state index is 11.9. The summed E-state index contributed by atoms with van der Waals surface area (Å²) >= 11 is 0. The van der Waals surface area contributed by atoms with Crippen LogP contribution in [0.1, 0.15) is 48.2 Å². The lowest BCUT2D eigenvalue weighted by Gasteiger charge is -2.09. The van der Waals surface area contributed by atoms with Gasteiger partial charge in [-0.1, -0.05) is 57.2 Å². The molecule has 0 radical (unpaired) electrons. The van der Waals surface area contributed by atoms with E-state index in [-0.39, 0.29) is 17.2 Å². The van der Waals surface area contributed by atoms with Crippen molar-refractivity contribution in [1.29, 1.82) is 0 Å². The third-order valence-corrected chi connectivity index (χ3v) is 3.85. The number of amides is 1. The van der Waals surface area contributed by atoms with Gasteiger partial charge in [0.2, 0.25) is 0 Å². The summed E-state index contributed by atoms with van der Waals surface area (Å²) in [5.74, 6) is 0.253. The van der Waals surface area contributed by atoms with Gasteiger partial charge >= 0.3 is 0 Å². The predicted octanol–water partition coefficient (Wildman–Crippen LogP) is 4.11. The summed E-state index contributed by atoms with van der Waals surface area (Å²) in [6, 6.07) is 15.0. The lowest BCUT2D eigenvalue weighted by Crippen LogP contribution is -2.18. The first kappa shape index (κ1) is 17.7. The smallest absolute Gasteiger partial charge is 0.275 e. The molecule has 0 saturated heterocycles. The molecule has 2 aromatic carbocycles. The zero-order valence-electron chi connectivity index (χ0n) is 14.4. The molecule has 2 N–H and O–H groups in total. The van der Waals surface area contributed by atoms with Crippen molar-refractivity contribution in [2.75, 3.05) is 0 Å². The zero-order chi connectivity index (χ0) is 17.5. The first-order valence-electron chi connectivity index (χ1n) is 8.17. The zero-order valence-corrected chi connectivity index (χ0v) is 14.4. The van der Waals surface area contributed by atoms with Crippen LogP contribution in [-0.2, 0) is 6.42 Å². The van der Waals surface area contributed by atoms with Crippen LogP contribution in [0.3, 0.4) is 0 Å². The van der Waals surface area contributed by atoms with Gasteiger partial charge in [0.05, 0.1) is 5.56 Å². The predicted molar refractivity (Wildman–Crippen MR) is 97.5 cm³/mol. The summed E-state index contributed by atoms with van der Waals surface area (Å²) in [6.07, 6.45) is 2.57. The van der Waals surface area contributed by atoms with E-state index in [4.69, 9.17) is 0 Å². The number of rotatable bonds is 6. The van der Waals surface area contributed by atoms with E-state index in [1.165, 1.54) is 17.2 Å². The highest BCUT2D eigenvalue weighted by Gasteiger charge is 2.09. The molecule has 0 aliphatic rings. The molecule has 0 aliphatic carbocycles. The lowest BCUT2D eigenvalue weighted by molar-refractivity contribution is 0.0952. The van der Waals surface area contributed by atoms with Gasteiger partial charge in [0, 0.05) is 6.21 Å². The molecule has 1 amide bonds. The van der Waals surface area contributed by atoms with Crippen molar-refractivity contribution < 1.29 is 9.90 Å². The van der Waals surface area contributed by atoms with Gasteiger partial charge in [0.1, 0.15) is 5.75 Å². The van der Waals surface area contributed by atoms with Crippen molar-refractivity contribution in [3.8, 4) is 5.75 Å². The molecule has 0 aliphatic heterocycles. The Hall–Kier alpha value is -2.62. The molecule has 4 heteroatoms. The van der Waals surface area contributed by atoms with E-state index in [1.807, 2.05) is 6.92 Å². The van der Waals surface area contributed by atoms with Crippen LogP contribution < -0.4 is 5.43 Å². The second-order valence-corrected chi connectivity index (χ2v) is 6.31. The lowest BCUT2D eigenvalue weighted by atomic mass is 9.97. The van der Waals surface area contributed by atoms with Gasteiger partial charge in [-0.25, -0.2) is 5.43 Å². The fourth-order valence-corrected chi connectivity index (χ4v) is 2.41. The van der Waals surface area contributed by atoms with E-state index >= 15 is 0 Å². The molecular formula is C20H24N2O2. The number of benzene rings is 2. The molecule has 0 spiro atoms. The number of nitrogens with one attached hydrogen (secondary N) is 1. The molecule has 0 unspecified atom stereocenters. The topological polar surface area (TPSA) is 61.7 Å². The molecule has 126 valence electrons. The van der Waals surface area contributed by atoms with Crippen molar-refractivity contribution >= 4 is 12.1 Å². The highest BCUT2D eigenvalue weighted by atomic mass is 16.3. The van der Waals surface area contributed by atoms with E-state index in [2.05, 4.69) is 48.6 Å². The van der Waals surface area contributed by atoms with Gasteiger partial charge in [-0.2, -0.15) is 5.10 Å². The quantitative estimate of drug-likeness (QED) is 0.620. The summed E-state index contributed by atoms with van der Waals surface area (Å²) in [4.78, 5) is 11.9. The Morgan fingerprint density at radius 1 is 1.12 bits per heavy atom. The molecule has 2 rings (SSSR count). The third kappa shape index (κ3) is 4.95. The molecule has 0 saturated carbocycles. The highest BCUT2D eigenvalue weighted by Crippen LogP contribution is 2.17. The standard InChI is InChI=1S/C20H24N2O2/c1-14(2)17-10-8-16(9-11-17)12-15(3)13-21-22-20(24)18-6-4-5-7-19(18)23/h4-11,13-15,23H,12H2,1-3H3,(H,22,24)/b21-13-/t15-/m1/s1. The van der Waals surface area contributed by atoms with Crippen LogP contribution in [0.25, 0.3) is 0 Å². The fraction of sp³-hybridized carbons (Fsp3) is 0.300. The van der Waals surface area contributed by atoms with Crippen LogP contribution in [0.5, 0.6) is 5.75 Å². The van der Waals surface area contributed by atoms with Crippen LogP contribution in [-0.4, -0.2) is 17.2 Å². The van der Waals surface area contributed by atoms with E-state index in [0.717, 1.165) is 6.42 Å². The maximum Gasteiger partial charge on any atom is 0.275 e. The van der Waals surface area contributed by atoms with Gasteiger partial charge in [-0.15, -0.1) is 0 Å². The van der Waals surface area contributed by atoms with Crippen molar-refractivity contribution in [1.82, 2.24) is 5.43 Å². The summed E-state index contributed by atoms with van der Waals surface area (Å²) in [6.45, 7) is 6.40. The second kappa shape index (κ2) is 8.29. The minimum Gasteiger partial charge on any atom is -0.507 e. The second-order valence-electron chi connectivity index (χ2n) is 6.31. The first-order chi connectivity index (χ1) is 11.5. The molecule has 2 aromatic rings. The maximum atomic E-state index is 11.9. The summed E-state index contributed by atoms with van der Waals surface area (Å²) in [5.41, 5.74) is 5.24. The minimum atomic E-state index is -0.419. The van der Waals surface area contributed by atoms with Gasteiger partial charge in [-0.05, 0) is 41.5 Å². The Labute approximate surface area is 143 Å². The van der Waals surface area contributed by atoms with Crippen molar-refractivity contribution in [2.24, 2.45) is 11.0 Å². The van der Waals surface area contributed by atoms with Crippen molar-refractivity contribution in [2.45, 2.75) is 33.1 Å².